The summed E-state index contributed by atoms with van der Waals surface area (Å²) in [5, 5.41) is 8.99. The molecule has 0 aromatic carbocycles. The molecule has 0 unspecified atom stereocenters. The summed E-state index contributed by atoms with van der Waals surface area (Å²) in [6.45, 7) is 7.38. The van der Waals surface area contributed by atoms with Crippen LogP contribution in [0.1, 0.15) is 32.2 Å². The molecule has 1 aromatic heterocycles. The van der Waals surface area contributed by atoms with Crippen molar-refractivity contribution in [3.05, 3.63) is 15.2 Å². The Kier molecular flexibility index (Phi) is 3.09. The number of hydrogen-bond donors (Lipinski definition) is 1. The van der Waals surface area contributed by atoms with Gasteiger partial charge in [-0.25, -0.2) is 9.78 Å². The van der Waals surface area contributed by atoms with Gasteiger partial charge >= 0.3 is 6.09 Å². The highest BCUT2D eigenvalue weighted by Gasteiger charge is 2.29. The third-order valence-corrected chi connectivity index (χ3v) is 3.64. The molecular weight excluding hydrogens is 333 g/mol. The van der Waals surface area contributed by atoms with Gasteiger partial charge in [0.05, 0.1) is 12.2 Å². The Morgan fingerprint density at radius 2 is 2.12 bits per heavy atom. The molecule has 1 amide bonds. The van der Waals surface area contributed by atoms with Crippen LogP contribution >= 0.6 is 22.6 Å². The first kappa shape index (κ1) is 12.7. The Hall–Kier alpha value is -0.790. The molecule has 5 nitrogen and oxygen atoms in total. The summed E-state index contributed by atoms with van der Waals surface area (Å²) < 4.78 is 3.15. The molecular formula is C11H16IN3O2. The lowest BCUT2D eigenvalue weighted by Gasteiger charge is -2.29. The Labute approximate surface area is 114 Å². The van der Waals surface area contributed by atoms with Crippen molar-refractivity contribution in [2.75, 3.05) is 6.54 Å². The zero-order valence-electron chi connectivity index (χ0n) is 10.2. The minimum absolute atomic E-state index is 0.0114. The normalized spacial score (nSPS) is 15.9. The van der Waals surface area contributed by atoms with Gasteiger partial charge < -0.3 is 14.6 Å². The predicted octanol–water partition coefficient (Wildman–Crippen LogP) is 2.28. The summed E-state index contributed by atoms with van der Waals surface area (Å²) >= 11 is 2.22. The van der Waals surface area contributed by atoms with E-state index in [9.17, 15) is 4.79 Å². The van der Waals surface area contributed by atoms with Crippen LogP contribution in [-0.4, -0.2) is 32.2 Å². The lowest BCUT2D eigenvalue weighted by Crippen LogP contribution is -2.36. The van der Waals surface area contributed by atoms with Crippen LogP contribution in [0, 0.1) is 3.83 Å². The van der Waals surface area contributed by atoms with Gasteiger partial charge in [0.2, 0.25) is 0 Å². The molecule has 0 spiro atoms. The number of hydrogen-bond acceptors (Lipinski definition) is 2. The fourth-order valence-corrected chi connectivity index (χ4v) is 3.50. The van der Waals surface area contributed by atoms with Gasteiger partial charge in [-0.3, -0.25) is 0 Å². The molecule has 94 valence electrons. The molecule has 0 saturated heterocycles. The van der Waals surface area contributed by atoms with E-state index in [1.54, 1.807) is 0 Å². The molecule has 0 bridgehead atoms. The van der Waals surface area contributed by atoms with E-state index in [1.807, 2.05) is 0 Å². The van der Waals surface area contributed by atoms with Crippen LogP contribution in [0.5, 0.6) is 0 Å². The number of rotatable bonds is 0. The van der Waals surface area contributed by atoms with Gasteiger partial charge in [0.15, 0.2) is 3.83 Å². The minimum atomic E-state index is -0.865. The molecule has 0 fully saturated rings. The average Bonchev–Trinajstić information content (AvgIpc) is 2.51. The maximum Gasteiger partial charge on any atom is 0.407 e. The maximum atomic E-state index is 10.9. The molecule has 0 aliphatic carbocycles. The molecule has 0 radical (unpaired) electrons. The van der Waals surface area contributed by atoms with Crippen molar-refractivity contribution in [3.8, 4) is 0 Å². The van der Waals surface area contributed by atoms with Crippen LogP contribution in [0.15, 0.2) is 0 Å². The Morgan fingerprint density at radius 1 is 1.47 bits per heavy atom. The van der Waals surface area contributed by atoms with E-state index >= 15 is 0 Å². The summed E-state index contributed by atoms with van der Waals surface area (Å²) in [6.07, 6.45) is -0.120. The number of aromatic nitrogens is 2. The van der Waals surface area contributed by atoms with Crippen molar-refractivity contribution in [2.24, 2.45) is 0 Å². The number of imidazole rings is 1. The van der Waals surface area contributed by atoms with Crippen molar-refractivity contribution < 1.29 is 9.90 Å². The molecule has 6 heteroatoms. The standard InChI is InChI=1S/C11H16IN3O2/c1-11(2,3)15-8-4-5-14(10(16)17)6-7(8)13-9(15)12/h4-6H2,1-3H3,(H,16,17). The first-order chi connectivity index (χ1) is 7.80. The molecule has 17 heavy (non-hydrogen) atoms. The SMILES string of the molecule is CC(C)(C)n1c(I)nc2c1CCN(C(=O)O)C2. The van der Waals surface area contributed by atoms with E-state index in [0.29, 0.717) is 13.1 Å². The first-order valence-electron chi connectivity index (χ1n) is 5.55. The fraction of sp³-hybridized carbons (Fsp3) is 0.636. The molecule has 1 N–H and O–H groups in total. The van der Waals surface area contributed by atoms with E-state index in [0.717, 1.165) is 15.9 Å². The second-order valence-corrected chi connectivity index (χ2v) is 6.20. The van der Waals surface area contributed by atoms with E-state index in [1.165, 1.54) is 10.6 Å². The van der Waals surface area contributed by atoms with Gasteiger partial charge in [-0.1, -0.05) is 0 Å². The van der Waals surface area contributed by atoms with Crippen molar-refractivity contribution in [1.82, 2.24) is 14.5 Å². The zero-order valence-corrected chi connectivity index (χ0v) is 12.4. The third-order valence-electron chi connectivity index (χ3n) is 2.92. The van der Waals surface area contributed by atoms with Gasteiger partial charge in [-0.2, -0.15) is 0 Å². The van der Waals surface area contributed by atoms with Crippen LogP contribution in [0.25, 0.3) is 0 Å². The summed E-state index contributed by atoms with van der Waals surface area (Å²) in [5.41, 5.74) is 2.07. The lowest BCUT2D eigenvalue weighted by molar-refractivity contribution is 0.138. The van der Waals surface area contributed by atoms with Crippen LogP contribution in [0.4, 0.5) is 4.79 Å². The minimum Gasteiger partial charge on any atom is -0.465 e. The highest BCUT2D eigenvalue weighted by Crippen LogP contribution is 2.27. The summed E-state index contributed by atoms with van der Waals surface area (Å²) in [7, 11) is 0. The smallest absolute Gasteiger partial charge is 0.407 e. The van der Waals surface area contributed by atoms with Gasteiger partial charge in [0, 0.05) is 24.2 Å². The number of carboxylic acid groups (broad SMARTS) is 1. The van der Waals surface area contributed by atoms with Gasteiger partial charge in [0.1, 0.15) is 0 Å². The first-order valence-corrected chi connectivity index (χ1v) is 6.63. The Balaban J connectivity index is 2.41. The molecule has 1 aliphatic rings. The number of amides is 1. The monoisotopic (exact) mass is 349 g/mol. The van der Waals surface area contributed by atoms with E-state index in [-0.39, 0.29) is 5.54 Å². The Bertz CT molecular complexity index is 462. The van der Waals surface area contributed by atoms with Crippen molar-refractivity contribution in [3.63, 3.8) is 0 Å². The largest absolute Gasteiger partial charge is 0.465 e. The summed E-state index contributed by atoms with van der Waals surface area (Å²) in [4.78, 5) is 16.9. The fourth-order valence-electron chi connectivity index (χ4n) is 2.19. The quantitative estimate of drug-likeness (QED) is 0.731. The van der Waals surface area contributed by atoms with Gasteiger partial charge in [0.25, 0.3) is 0 Å². The number of nitrogens with zero attached hydrogens (tertiary/aromatic N) is 3. The third kappa shape index (κ3) is 2.27. The molecule has 2 heterocycles. The van der Waals surface area contributed by atoms with E-state index in [4.69, 9.17) is 5.11 Å². The summed E-state index contributed by atoms with van der Waals surface area (Å²) in [6, 6.07) is 0. The van der Waals surface area contributed by atoms with Crippen LogP contribution in [-0.2, 0) is 18.5 Å². The number of carbonyl (C=O) groups is 1. The Morgan fingerprint density at radius 3 is 2.65 bits per heavy atom. The maximum absolute atomic E-state index is 10.9. The van der Waals surface area contributed by atoms with E-state index in [2.05, 4.69) is 52.9 Å². The molecule has 0 saturated carbocycles. The highest BCUT2D eigenvalue weighted by atomic mass is 127. The summed E-state index contributed by atoms with van der Waals surface area (Å²) in [5.74, 6) is 0. The van der Waals surface area contributed by atoms with Crippen LogP contribution in [0.3, 0.4) is 0 Å². The van der Waals surface area contributed by atoms with Crippen molar-refractivity contribution in [2.45, 2.75) is 39.3 Å². The zero-order chi connectivity index (χ0) is 12.8. The van der Waals surface area contributed by atoms with E-state index < -0.39 is 6.09 Å². The van der Waals surface area contributed by atoms with Gasteiger partial charge in [-0.05, 0) is 43.4 Å². The van der Waals surface area contributed by atoms with Crippen molar-refractivity contribution >= 4 is 28.7 Å². The molecule has 2 rings (SSSR count). The topological polar surface area (TPSA) is 58.4 Å². The molecule has 0 atom stereocenters. The highest BCUT2D eigenvalue weighted by molar-refractivity contribution is 14.1. The number of fused-ring (bicyclic) bond motifs is 1. The predicted molar refractivity (Wildman–Crippen MR) is 72.1 cm³/mol. The lowest BCUT2D eigenvalue weighted by atomic mass is 10.1. The molecule has 1 aliphatic heterocycles. The molecule has 1 aromatic rings. The second-order valence-electron chi connectivity index (χ2n) is 5.23. The van der Waals surface area contributed by atoms with Crippen LogP contribution in [0.2, 0.25) is 0 Å². The van der Waals surface area contributed by atoms with Crippen LogP contribution < -0.4 is 0 Å². The average molecular weight is 349 g/mol. The van der Waals surface area contributed by atoms with Crippen molar-refractivity contribution in [1.29, 1.82) is 0 Å². The van der Waals surface area contributed by atoms with Gasteiger partial charge in [-0.15, -0.1) is 0 Å². The number of halogens is 1. The second kappa shape index (κ2) is 4.15.